The lowest BCUT2D eigenvalue weighted by Gasteiger charge is -2.16. The summed E-state index contributed by atoms with van der Waals surface area (Å²) in [6, 6.07) is 15.1. The maximum atomic E-state index is 12.7. The second-order valence-corrected chi connectivity index (χ2v) is 4.23. The molecule has 0 aromatic heterocycles. The van der Waals surface area contributed by atoms with Crippen molar-refractivity contribution in [3.8, 4) is 0 Å². The van der Waals surface area contributed by atoms with E-state index in [0.29, 0.717) is 0 Å². The van der Waals surface area contributed by atoms with Crippen LogP contribution in [0.5, 0.6) is 0 Å². The Hall–Kier alpha value is -2.62. The SMILES string of the molecule is CN(C(=O)N/C=C/c1ccc(F)cc1)c1ccccc1. The Morgan fingerprint density at radius 3 is 2.40 bits per heavy atom. The van der Waals surface area contributed by atoms with Crippen LogP contribution in [0.3, 0.4) is 0 Å². The number of carbonyl (C=O) groups excluding carboxylic acids is 1. The fourth-order valence-electron chi connectivity index (χ4n) is 1.65. The Morgan fingerprint density at radius 2 is 1.75 bits per heavy atom. The molecule has 0 saturated carbocycles. The Morgan fingerprint density at radius 1 is 1.10 bits per heavy atom. The molecule has 2 amide bonds. The number of halogens is 1. The van der Waals surface area contributed by atoms with Crippen molar-refractivity contribution in [1.82, 2.24) is 5.32 Å². The van der Waals surface area contributed by atoms with E-state index in [4.69, 9.17) is 0 Å². The van der Waals surface area contributed by atoms with E-state index < -0.39 is 0 Å². The maximum Gasteiger partial charge on any atom is 0.325 e. The molecule has 0 saturated heterocycles. The summed E-state index contributed by atoms with van der Waals surface area (Å²) >= 11 is 0. The number of carbonyl (C=O) groups is 1. The van der Waals surface area contributed by atoms with Gasteiger partial charge in [-0.25, -0.2) is 9.18 Å². The molecule has 0 aliphatic carbocycles. The van der Waals surface area contributed by atoms with Gasteiger partial charge in [0.05, 0.1) is 0 Å². The smallest absolute Gasteiger partial charge is 0.314 e. The number of nitrogens with one attached hydrogen (secondary N) is 1. The Balaban J connectivity index is 1.93. The average molecular weight is 270 g/mol. The molecule has 3 nitrogen and oxygen atoms in total. The highest BCUT2D eigenvalue weighted by atomic mass is 19.1. The van der Waals surface area contributed by atoms with E-state index in [2.05, 4.69) is 5.32 Å². The molecule has 1 N–H and O–H groups in total. The monoisotopic (exact) mass is 270 g/mol. The minimum atomic E-state index is -0.282. The van der Waals surface area contributed by atoms with Crippen LogP contribution < -0.4 is 10.2 Å². The van der Waals surface area contributed by atoms with E-state index in [1.807, 2.05) is 30.3 Å². The fourth-order valence-corrected chi connectivity index (χ4v) is 1.65. The summed E-state index contributed by atoms with van der Waals surface area (Å²) < 4.78 is 12.7. The van der Waals surface area contributed by atoms with Crippen molar-refractivity contribution in [3.63, 3.8) is 0 Å². The lowest BCUT2D eigenvalue weighted by Crippen LogP contribution is -2.34. The number of hydrogen-bond donors (Lipinski definition) is 1. The van der Waals surface area contributed by atoms with Gasteiger partial charge in [-0.3, -0.25) is 4.90 Å². The second-order valence-electron chi connectivity index (χ2n) is 4.23. The van der Waals surface area contributed by atoms with Crippen LogP contribution in [0, 0.1) is 5.82 Å². The van der Waals surface area contributed by atoms with E-state index in [1.165, 1.54) is 23.2 Å². The maximum absolute atomic E-state index is 12.7. The van der Waals surface area contributed by atoms with Crippen molar-refractivity contribution in [1.29, 1.82) is 0 Å². The third-order valence-electron chi connectivity index (χ3n) is 2.80. The van der Waals surface area contributed by atoms with Gasteiger partial charge in [-0.2, -0.15) is 0 Å². The first-order chi connectivity index (χ1) is 9.66. The van der Waals surface area contributed by atoms with Crippen LogP contribution in [0.4, 0.5) is 14.9 Å². The van der Waals surface area contributed by atoms with E-state index >= 15 is 0 Å². The standard InChI is InChI=1S/C16H15FN2O/c1-19(15-5-3-2-4-6-15)16(20)18-12-11-13-7-9-14(17)10-8-13/h2-12H,1H3,(H,18,20)/b12-11+. The molecule has 4 heteroatoms. The van der Waals surface area contributed by atoms with Gasteiger partial charge in [0.2, 0.25) is 0 Å². The van der Waals surface area contributed by atoms with Gasteiger partial charge in [0.25, 0.3) is 0 Å². The molecule has 0 heterocycles. The zero-order valence-electron chi connectivity index (χ0n) is 11.1. The Bertz CT molecular complexity index is 594. The van der Waals surface area contributed by atoms with Crippen LogP contribution in [0.25, 0.3) is 6.08 Å². The molecule has 2 aromatic rings. The summed E-state index contributed by atoms with van der Waals surface area (Å²) in [4.78, 5) is 13.4. The Labute approximate surface area is 117 Å². The lowest BCUT2D eigenvalue weighted by atomic mass is 10.2. The van der Waals surface area contributed by atoms with Gasteiger partial charge >= 0.3 is 6.03 Å². The molecule has 20 heavy (non-hydrogen) atoms. The number of hydrogen-bond acceptors (Lipinski definition) is 1. The molecule has 0 radical (unpaired) electrons. The minimum absolute atomic E-state index is 0.241. The normalized spacial score (nSPS) is 10.5. The van der Waals surface area contributed by atoms with Crippen LogP contribution in [0.2, 0.25) is 0 Å². The van der Waals surface area contributed by atoms with Crippen molar-refractivity contribution in [2.75, 3.05) is 11.9 Å². The predicted octanol–water partition coefficient (Wildman–Crippen LogP) is 3.64. The van der Waals surface area contributed by atoms with Crippen molar-refractivity contribution in [2.24, 2.45) is 0 Å². The molecule has 0 unspecified atom stereocenters. The third kappa shape index (κ3) is 3.68. The highest BCUT2D eigenvalue weighted by Crippen LogP contribution is 2.10. The van der Waals surface area contributed by atoms with Gasteiger partial charge in [-0.15, -0.1) is 0 Å². The number of urea groups is 1. The Kier molecular flexibility index (Phi) is 4.50. The van der Waals surface area contributed by atoms with Crippen molar-refractivity contribution < 1.29 is 9.18 Å². The molecule has 2 rings (SSSR count). The van der Waals surface area contributed by atoms with Crippen LogP contribution in [0.1, 0.15) is 5.56 Å². The number of nitrogens with zero attached hydrogens (tertiary/aromatic N) is 1. The van der Waals surface area contributed by atoms with Crippen LogP contribution >= 0.6 is 0 Å². The van der Waals surface area contributed by atoms with Gasteiger partial charge < -0.3 is 5.32 Å². The molecule has 2 aromatic carbocycles. The minimum Gasteiger partial charge on any atom is -0.314 e. The first-order valence-corrected chi connectivity index (χ1v) is 6.18. The quantitative estimate of drug-likeness (QED) is 0.907. The van der Waals surface area contributed by atoms with Gasteiger partial charge in [-0.05, 0) is 35.9 Å². The summed E-state index contributed by atoms with van der Waals surface area (Å²) in [5.41, 5.74) is 1.62. The summed E-state index contributed by atoms with van der Waals surface area (Å²) in [6.45, 7) is 0. The molecule has 0 aliphatic rings. The third-order valence-corrected chi connectivity index (χ3v) is 2.80. The van der Waals surface area contributed by atoms with Crippen molar-refractivity contribution in [2.45, 2.75) is 0 Å². The zero-order chi connectivity index (χ0) is 14.4. The molecule has 0 bridgehead atoms. The van der Waals surface area contributed by atoms with Crippen molar-refractivity contribution >= 4 is 17.8 Å². The zero-order valence-corrected chi connectivity index (χ0v) is 11.1. The van der Waals surface area contributed by atoms with E-state index in [0.717, 1.165) is 11.3 Å². The van der Waals surface area contributed by atoms with E-state index in [-0.39, 0.29) is 11.8 Å². The number of anilines is 1. The van der Waals surface area contributed by atoms with Crippen molar-refractivity contribution in [3.05, 3.63) is 72.2 Å². The van der Waals surface area contributed by atoms with Gasteiger partial charge in [-0.1, -0.05) is 30.3 Å². The molecule has 0 aliphatic heterocycles. The van der Waals surface area contributed by atoms with Gasteiger partial charge in [0.15, 0.2) is 0 Å². The summed E-state index contributed by atoms with van der Waals surface area (Å²) in [5.74, 6) is -0.282. The van der Waals surface area contributed by atoms with E-state index in [1.54, 1.807) is 25.3 Å². The highest BCUT2D eigenvalue weighted by molar-refractivity contribution is 5.92. The largest absolute Gasteiger partial charge is 0.325 e. The molecule has 102 valence electrons. The van der Waals surface area contributed by atoms with Gasteiger partial charge in [0.1, 0.15) is 5.82 Å². The average Bonchev–Trinajstić information content (AvgIpc) is 2.49. The number of amides is 2. The molecular formula is C16H15FN2O. The number of benzene rings is 2. The number of para-hydroxylation sites is 1. The molecular weight excluding hydrogens is 255 g/mol. The second kappa shape index (κ2) is 6.52. The van der Waals surface area contributed by atoms with Crippen LogP contribution in [-0.4, -0.2) is 13.1 Å². The summed E-state index contributed by atoms with van der Waals surface area (Å²) in [6.07, 6.45) is 3.24. The molecule has 0 fully saturated rings. The highest BCUT2D eigenvalue weighted by Gasteiger charge is 2.07. The summed E-state index contributed by atoms with van der Waals surface area (Å²) in [5, 5.41) is 2.66. The number of rotatable bonds is 3. The van der Waals surface area contributed by atoms with Gasteiger partial charge in [0, 0.05) is 18.9 Å². The lowest BCUT2D eigenvalue weighted by molar-refractivity contribution is 0.250. The topological polar surface area (TPSA) is 32.3 Å². The first-order valence-electron chi connectivity index (χ1n) is 6.18. The van der Waals surface area contributed by atoms with Crippen LogP contribution in [0.15, 0.2) is 60.8 Å². The molecule has 0 atom stereocenters. The molecule has 0 spiro atoms. The fraction of sp³-hybridized carbons (Fsp3) is 0.0625. The predicted molar refractivity (Wildman–Crippen MR) is 78.8 cm³/mol. The first kappa shape index (κ1) is 13.8. The van der Waals surface area contributed by atoms with E-state index in [9.17, 15) is 9.18 Å². The summed E-state index contributed by atoms with van der Waals surface area (Å²) in [7, 11) is 1.69. The van der Waals surface area contributed by atoms with Crippen LogP contribution in [-0.2, 0) is 0 Å².